The van der Waals surface area contributed by atoms with Crippen LogP contribution in [0.1, 0.15) is 54.2 Å². The Kier molecular flexibility index (Phi) is 5.62. The Morgan fingerprint density at radius 2 is 2.00 bits per heavy atom. The molecule has 146 valence electrons. The van der Waals surface area contributed by atoms with Gasteiger partial charge in [0.2, 0.25) is 5.82 Å². The molecule has 0 unspecified atom stereocenters. The number of benzene rings is 1. The molecule has 0 amide bonds. The Bertz CT molecular complexity index is 924. The van der Waals surface area contributed by atoms with E-state index in [1.165, 1.54) is 19.3 Å². The Hall–Kier alpha value is -2.80. The molecular formula is C21H24N4O3. The number of rotatable bonds is 7. The molecule has 0 radical (unpaired) electrons. The molecule has 1 fully saturated rings. The van der Waals surface area contributed by atoms with Crippen LogP contribution in [-0.2, 0) is 11.2 Å². The third-order valence-electron chi connectivity index (χ3n) is 5.32. The van der Waals surface area contributed by atoms with Crippen molar-refractivity contribution in [2.75, 3.05) is 13.7 Å². The van der Waals surface area contributed by atoms with Crippen LogP contribution in [0.3, 0.4) is 0 Å². The van der Waals surface area contributed by atoms with Crippen molar-refractivity contribution in [3.63, 3.8) is 0 Å². The van der Waals surface area contributed by atoms with Gasteiger partial charge in [0.1, 0.15) is 6.29 Å². The molecule has 0 saturated heterocycles. The van der Waals surface area contributed by atoms with Crippen molar-refractivity contribution in [2.24, 2.45) is 0 Å². The zero-order valence-corrected chi connectivity index (χ0v) is 16.0. The second-order valence-electron chi connectivity index (χ2n) is 7.15. The molecule has 1 saturated carbocycles. The highest BCUT2D eigenvalue weighted by Crippen LogP contribution is 2.33. The summed E-state index contributed by atoms with van der Waals surface area (Å²) in [5.41, 5.74) is 3.37. The lowest BCUT2D eigenvalue weighted by atomic mass is 9.95. The normalized spacial score (nSPS) is 15.0. The van der Waals surface area contributed by atoms with E-state index in [0.29, 0.717) is 29.9 Å². The van der Waals surface area contributed by atoms with Crippen LogP contribution in [0, 0.1) is 0 Å². The van der Waals surface area contributed by atoms with Crippen LogP contribution < -0.4 is 0 Å². The van der Waals surface area contributed by atoms with E-state index in [-0.39, 0.29) is 0 Å². The van der Waals surface area contributed by atoms with E-state index in [4.69, 9.17) is 9.26 Å². The number of aldehydes is 1. The van der Waals surface area contributed by atoms with Gasteiger partial charge in [-0.05, 0) is 12.8 Å². The summed E-state index contributed by atoms with van der Waals surface area (Å²) in [6.45, 7) is 0.611. The van der Waals surface area contributed by atoms with Crippen LogP contribution in [0.25, 0.3) is 22.8 Å². The van der Waals surface area contributed by atoms with Crippen molar-refractivity contribution >= 4 is 6.29 Å². The van der Waals surface area contributed by atoms with E-state index in [0.717, 1.165) is 42.4 Å². The van der Waals surface area contributed by atoms with Gasteiger partial charge in [-0.3, -0.25) is 9.48 Å². The van der Waals surface area contributed by atoms with Crippen LogP contribution in [0.2, 0.25) is 0 Å². The molecule has 2 aromatic heterocycles. The van der Waals surface area contributed by atoms with E-state index < -0.39 is 0 Å². The molecule has 4 rings (SSSR count). The van der Waals surface area contributed by atoms with Gasteiger partial charge in [0.25, 0.3) is 5.89 Å². The maximum Gasteiger partial charge on any atom is 0.261 e. The molecular weight excluding hydrogens is 356 g/mol. The van der Waals surface area contributed by atoms with Crippen LogP contribution in [0.4, 0.5) is 0 Å². The van der Waals surface area contributed by atoms with E-state index >= 15 is 0 Å². The lowest BCUT2D eigenvalue weighted by Crippen LogP contribution is -2.17. The first-order valence-corrected chi connectivity index (χ1v) is 9.75. The van der Waals surface area contributed by atoms with Gasteiger partial charge in [-0.15, -0.1) is 0 Å². The molecule has 0 atom stereocenters. The van der Waals surface area contributed by atoms with Gasteiger partial charge in [0.05, 0.1) is 30.1 Å². The number of hydrogen-bond acceptors (Lipinski definition) is 6. The topological polar surface area (TPSA) is 83.0 Å². The fourth-order valence-electron chi connectivity index (χ4n) is 3.82. The van der Waals surface area contributed by atoms with Gasteiger partial charge in [0.15, 0.2) is 0 Å². The van der Waals surface area contributed by atoms with Gasteiger partial charge in [-0.2, -0.15) is 10.1 Å². The fourth-order valence-corrected chi connectivity index (χ4v) is 3.82. The van der Waals surface area contributed by atoms with E-state index in [9.17, 15) is 4.79 Å². The molecule has 7 heteroatoms. The highest BCUT2D eigenvalue weighted by Gasteiger charge is 2.24. The predicted octanol–water partition coefficient (Wildman–Crippen LogP) is 4.11. The minimum atomic E-state index is 0.424. The van der Waals surface area contributed by atoms with Gasteiger partial charge in [-0.25, -0.2) is 0 Å². The lowest BCUT2D eigenvalue weighted by Gasteiger charge is -2.24. The summed E-state index contributed by atoms with van der Waals surface area (Å²) in [7, 11) is 1.70. The number of aromatic nitrogens is 4. The minimum absolute atomic E-state index is 0.424. The SMILES string of the molecule is COCCc1c(-c2nc(-c3ccc(C=O)cc3)no2)cnn1C1CCCCC1. The first kappa shape index (κ1) is 18.6. The Labute approximate surface area is 163 Å². The smallest absolute Gasteiger partial charge is 0.261 e. The average Bonchev–Trinajstić information content (AvgIpc) is 3.40. The quantitative estimate of drug-likeness (QED) is 0.574. The van der Waals surface area contributed by atoms with E-state index in [1.54, 1.807) is 19.2 Å². The van der Waals surface area contributed by atoms with Crippen molar-refractivity contribution < 1.29 is 14.1 Å². The highest BCUT2D eigenvalue weighted by atomic mass is 16.5. The summed E-state index contributed by atoms with van der Waals surface area (Å²) in [6.07, 6.45) is 9.47. The number of hydrogen-bond donors (Lipinski definition) is 0. The summed E-state index contributed by atoms with van der Waals surface area (Å²) in [6, 6.07) is 7.53. The first-order valence-electron chi connectivity index (χ1n) is 9.75. The molecule has 7 nitrogen and oxygen atoms in total. The molecule has 3 aromatic rings. The minimum Gasteiger partial charge on any atom is -0.384 e. The van der Waals surface area contributed by atoms with E-state index in [2.05, 4.69) is 19.9 Å². The summed E-state index contributed by atoms with van der Waals surface area (Å²) in [4.78, 5) is 15.4. The van der Waals surface area contributed by atoms with E-state index in [1.807, 2.05) is 18.3 Å². The average molecular weight is 380 g/mol. The van der Waals surface area contributed by atoms with Gasteiger partial charge in [0, 0.05) is 24.7 Å². The number of ether oxygens (including phenoxy) is 1. The van der Waals surface area contributed by atoms with Gasteiger partial charge in [-0.1, -0.05) is 48.7 Å². The van der Waals surface area contributed by atoms with Crippen molar-refractivity contribution in [3.8, 4) is 22.8 Å². The molecule has 0 spiro atoms. The Balaban J connectivity index is 1.65. The first-order chi connectivity index (χ1) is 13.8. The summed E-state index contributed by atoms with van der Waals surface area (Å²) in [5.74, 6) is 0.957. The largest absolute Gasteiger partial charge is 0.384 e. The predicted molar refractivity (Wildman–Crippen MR) is 104 cm³/mol. The second kappa shape index (κ2) is 8.48. The summed E-state index contributed by atoms with van der Waals surface area (Å²) >= 11 is 0. The summed E-state index contributed by atoms with van der Waals surface area (Å²) in [5, 5.41) is 8.79. The molecule has 0 bridgehead atoms. The third kappa shape index (κ3) is 3.75. The Morgan fingerprint density at radius 3 is 2.71 bits per heavy atom. The van der Waals surface area contributed by atoms with Crippen LogP contribution in [0.5, 0.6) is 0 Å². The van der Waals surface area contributed by atoms with Gasteiger partial charge < -0.3 is 9.26 Å². The zero-order valence-electron chi connectivity index (χ0n) is 16.0. The van der Waals surface area contributed by atoms with Crippen LogP contribution in [0.15, 0.2) is 35.0 Å². The zero-order chi connectivity index (χ0) is 19.3. The van der Waals surface area contributed by atoms with Crippen molar-refractivity contribution in [2.45, 2.75) is 44.6 Å². The van der Waals surface area contributed by atoms with Crippen LogP contribution in [-0.4, -0.2) is 39.9 Å². The van der Waals surface area contributed by atoms with Crippen LogP contribution >= 0.6 is 0 Å². The number of carbonyl (C=O) groups is 1. The number of nitrogens with zero attached hydrogens (tertiary/aromatic N) is 4. The van der Waals surface area contributed by atoms with Gasteiger partial charge >= 0.3 is 0 Å². The third-order valence-corrected chi connectivity index (χ3v) is 5.32. The number of carbonyl (C=O) groups excluding carboxylic acids is 1. The Morgan fingerprint density at radius 1 is 1.21 bits per heavy atom. The molecule has 0 aliphatic heterocycles. The van der Waals surface area contributed by atoms with Crippen molar-refractivity contribution in [1.29, 1.82) is 0 Å². The molecule has 2 heterocycles. The molecule has 1 aliphatic rings. The van der Waals surface area contributed by atoms with Crippen molar-refractivity contribution in [3.05, 3.63) is 41.7 Å². The second-order valence-corrected chi connectivity index (χ2v) is 7.15. The lowest BCUT2D eigenvalue weighted by molar-refractivity contribution is 0.112. The molecule has 0 N–H and O–H groups in total. The maximum absolute atomic E-state index is 10.8. The molecule has 1 aliphatic carbocycles. The summed E-state index contributed by atoms with van der Waals surface area (Å²) < 4.78 is 13.0. The molecule has 1 aromatic carbocycles. The maximum atomic E-state index is 10.8. The van der Waals surface area contributed by atoms with Crippen molar-refractivity contribution in [1.82, 2.24) is 19.9 Å². The number of methoxy groups -OCH3 is 1. The standard InChI is InChI=1S/C21H24N4O3/c1-27-12-11-19-18(13-22-25(19)17-5-3-2-4-6-17)21-23-20(24-28-21)16-9-7-15(14-26)8-10-16/h7-10,13-14,17H,2-6,11-12H2,1H3. The monoisotopic (exact) mass is 380 g/mol. The highest BCUT2D eigenvalue weighted by molar-refractivity contribution is 5.76. The fraction of sp³-hybridized carbons (Fsp3) is 0.429. The molecule has 28 heavy (non-hydrogen) atoms.